The number of ether oxygens (including phenoxy) is 1. The zero-order valence-electron chi connectivity index (χ0n) is 11.1. The topological polar surface area (TPSA) is 67.6 Å². The minimum atomic E-state index is -0.531. The van der Waals surface area contributed by atoms with Gasteiger partial charge in [0.15, 0.2) is 0 Å². The Morgan fingerprint density at radius 1 is 1.47 bits per heavy atom. The SMILES string of the molecule is COCCN(C)CCNc1cc(F)ccc1[N+](=O)[O-]. The van der Waals surface area contributed by atoms with Gasteiger partial charge in [-0.25, -0.2) is 4.39 Å². The normalized spacial score (nSPS) is 10.7. The molecule has 0 radical (unpaired) electrons. The molecule has 1 rings (SSSR count). The maximum Gasteiger partial charge on any atom is 0.292 e. The predicted octanol–water partition coefficient (Wildman–Crippen LogP) is 1.72. The quantitative estimate of drug-likeness (QED) is 0.576. The van der Waals surface area contributed by atoms with Crippen LogP contribution in [0, 0.1) is 15.9 Å². The molecule has 7 heteroatoms. The molecule has 0 saturated carbocycles. The van der Waals surface area contributed by atoms with Crippen LogP contribution in [0.2, 0.25) is 0 Å². The van der Waals surface area contributed by atoms with Gasteiger partial charge in [-0.3, -0.25) is 10.1 Å². The summed E-state index contributed by atoms with van der Waals surface area (Å²) in [5.74, 6) is -0.499. The van der Waals surface area contributed by atoms with Crippen LogP contribution in [0.25, 0.3) is 0 Å². The monoisotopic (exact) mass is 271 g/mol. The first-order chi connectivity index (χ1) is 9.04. The molecule has 0 aliphatic heterocycles. The van der Waals surface area contributed by atoms with E-state index in [9.17, 15) is 14.5 Å². The van der Waals surface area contributed by atoms with Crippen LogP contribution >= 0.6 is 0 Å². The van der Waals surface area contributed by atoms with Gasteiger partial charge in [-0.2, -0.15) is 0 Å². The minimum Gasteiger partial charge on any atom is -0.383 e. The molecule has 19 heavy (non-hydrogen) atoms. The lowest BCUT2D eigenvalue weighted by Gasteiger charge is -2.16. The van der Waals surface area contributed by atoms with E-state index in [0.29, 0.717) is 19.7 Å². The molecule has 0 aliphatic carbocycles. The molecule has 1 aromatic rings. The van der Waals surface area contributed by atoms with Gasteiger partial charge in [0.05, 0.1) is 11.5 Å². The highest BCUT2D eigenvalue weighted by atomic mass is 19.1. The number of rotatable bonds is 8. The number of hydrogen-bond donors (Lipinski definition) is 1. The molecule has 1 aromatic carbocycles. The lowest BCUT2D eigenvalue weighted by atomic mass is 10.2. The number of likely N-dealkylation sites (N-methyl/N-ethyl adjacent to an activating group) is 1. The van der Waals surface area contributed by atoms with E-state index in [0.717, 1.165) is 24.7 Å². The number of nitro benzene ring substituents is 1. The van der Waals surface area contributed by atoms with Crippen LogP contribution in [0.4, 0.5) is 15.8 Å². The van der Waals surface area contributed by atoms with Crippen molar-refractivity contribution in [1.82, 2.24) is 4.90 Å². The lowest BCUT2D eigenvalue weighted by molar-refractivity contribution is -0.384. The van der Waals surface area contributed by atoms with Gasteiger partial charge < -0.3 is 15.0 Å². The number of nitro groups is 1. The van der Waals surface area contributed by atoms with Crippen molar-refractivity contribution in [3.8, 4) is 0 Å². The van der Waals surface area contributed by atoms with Crippen molar-refractivity contribution in [2.75, 3.05) is 45.7 Å². The Hall–Kier alpha value is -1.73. The van der Waals surface area contributed by atoms with Gasteiger partial charge in [0.2, 0.25) is 0 Å². The molecule has 0 fully saturated rings. The van der Waals surface area contributed by atoms with Crippen LogP contribution in [0.15, 0.2) is 18.2 Å². The van der Waals surface area contributed by atoms with Crippen LogP contribution in [-0.2, 0) is 4.74 Å². The third-order valence-corrected chi connectivity index (χ3v) is 2.64. The minimum absolute atomic E-state index is 0.124. The van der Waals surface area contributed by atoms with Crippen LogP contribution in [-0.4, -0.2) is 50.2 Å². The third kappa shape index (κ3) is 5.19. The Kier molecular flexibility index (Phi) is 6.17. The first-order valence-corrected chi connectivity index (χ1v) is 5.90. The summed E-state index contributed by atoms with van der Waals surface area (Å²) in [7, 11) is 3.54. The summed E-state index contributed by atoms with van der Waals surface area (Å²) in [5.41, 5.74) is 0.0751. The fourth-order valence-electron chi connectivity index (χ4n) is 1.55. The summed E-state index contributed by atoms with van der Waals surface area (Å²) in [4.78, 5) is 12.3. The van der Waals surface area contributed by atoms with Gasteiger partial charge >= 0.3 is 0 Å². The number of benzene rings is 1. The number of halogens is 1. The van der Waals surface area contributed by atoms with Crippen molar-refractivity contribution in [1.29, 1.82) is 0 Å². The molecule has 0 bridgehead atoms. The van der Waals surface area contributed by atoms with Gasteiger partial charge in [0, 0.05) is 38.9 Å². The van der Waals surface area contributed by atoms with Crippen molar-refractivity contribution in [2.24, 2.45) is 0 Å². The van der Waals surface area contributed by atoms with E-state index < -0.39 is 10.7 Å². The van der Waals surface area contributed by atoms with E-state index in [4.69, 9.17) is 4.74 Å². The van der Waals surface area contributed by atoms with Crippen LogP contribution in [0.1, 0.15) is 0 Å². The molecule has 0 aliphatic rings. The molecule has 0 heterocycles. The Bertz CT molecular complexity index is 429. The standard InChI is InChI=1S/C12H18FN3O3/c1-15(7-8-19-2)6-5-14-11-9-10(13)3-4-12(11)16(17)18/h3-4,9,14H,5-8H2,1-2H3. The Morgan fingerprint density at radius 2 is 2.21 bits per heavy atom. The maximum absolute atomic E-state index is 13.1. The van der Waals surface area contributed by atoms with Crippen molar-refractivity contribution in [3.63, 3.8) is 0 Å². The van der Waals surface area contributed by atoms with Gasteiger partial charge in [-0.15, -0.1) is 0 Å². The van der Waals surface area contributed by atoms with E-state index in [1.165, 1.54) is 0 Å². The van der Waals surface area contributed by atoms with E-state index in [1.54, 1.807) is 7.11 Å². The molecule has 6 nitrogen and oxygen atoms in total. The average molecular weight is 271 g/mol. The molecule has 0 saturated heterocycles. The van der Waals surface area contributed by atoms with E-state index >= 15 is 0 Å². The van der Waals surface area contributed by atoms with Gasteiger partial charge in [-0.1, -0.05) is 0 Å². The van der Waals surface area contributed by atoms with Crippen molar-refractivity contribution in [2.45, 2.75) is 0 Å². The van der Waals surface area contributed by atoms with Crippen molar-refractivity contribution >= 4 is 11.4 Å². The Balaban J connectivity index is 2.52. The summed E-state index contributed by atoms with van der Waals surface area (Å²) in [6.45, 7) is 2.56. The summed E-state index contributed by atoms with van der Waals surface area (Å²) in [5, 5.41) is 13.7. The second kappa shape index (κ2) is 7.65. The average Bonchev–Trinajstić information content (AvgIpc) is 2.36. The van der Waals surface area contributed by atoms with Gasteiger partial charge in [0.1, 0.15) is 11.5 Å². The maximum atomic E-state index is 13.1. The first-order valence-electron chi connectivity index (χ1n) is 5.90. The largest absolute Gasteiger partial charge is 0.383 e. The number of nitrogens with zero attached hydrogens (tertiary/aromatic N) is 2. The molecular formula is C12H18FN3O3. The molecule has 0 amide bonds. The second-order valence-electron chi connectivity index (χ2n) is 4.14. The lowest BCUT2D eigenvalue weighted by Crippen LogP contribution is -2.28. The zero-order chi connectivity index (χ0) is 14.3. The van der Waals surface area contributed by atoms with Crippen molar-refractivity contribution in [3.05, 3.63) is 34.1 Å². The summed E-state index contributed by atoms with van der Waals surface area (Å²) in [6.07, 6.45) is 0. The predicted molar refractivity (Wildman–Crippen MR) is 70.9 cm³/mol. The molecule has 0 unspecified atom stereocenters. The molecule has 106 valence electrons. The number of hydrogen-bond acceptors (Lipinski definition) is 5. The molecule has 1 N–H and O–H groups in total. The smallest absolute Gasteiger partial charge is 0.292 e. The molecule has 0 aromatic heterocycles. The van der Waals surface area contributed by atoms with E-state index in [1.807, 2.05) is 11.9 Å². The highest BCUT2D eigenvalue weighted by Gasteiger charge is 2.13. The van der Waals surface area contributed by atoms with Gasteiger partial charge in [0.25, 0.3) is 5.69 Å². The highest BCUT2D eigenvalue weighted by Crippen LogP contribution is 2.24. The molecule has 0 spiro atoms. The Labute approximate surface area is 111 Å². The van der Waals surface area contributed by atoms with Crippen molar-refractivity contribution < 1.29 is 14.1 Å². The van der Waals surface area contributed by atoms with Crippen LogP contribution in [0.5, 0.6) is 0 Å². The first kappa shape index (κ1) is 15.3. The fourth-order valence-corrected chi connectivity index (χ4v) is 1.55. The van der Waals surface area contributed by atoms with Gasteiger partial charge in [-0.05, 0) is 13.1 Å². The van der Waals surface area contributed by atoms with Crippen LogP contribution in [0.3, 0.4) is 0 Å². The zero-order valence-corrected chi connectivity index (χ0v) is 11.1. The molecular weight excluding hydrogens is 253 g/mol. The summed E-state index contributed by atoms with van der Waals surface area (Å²) in [6, 6.07) is 3.37. The molecule has 0 atom stereocenters. The number of methoxy groups -OCH3 is 1. The van der Waals surface area contributed by atoms with E-state index in [2.05, 4.69) is 5.32 Å². The number of anilines is 1. The Morgan fingerprint density at radius 3 is 2.84 bits per heavy atom. The third-order valence-electron chi connectivity index (χ3n) is 2.64. The summed E-state index contributed by atoms with van der Waals surface area (Å²) >= 11 is 0. The van der Waals surface area contributed by atoms with Crippen LogP contribution < -0.4 is 5.32 Å². The van der Waals surface area contributed by atoms with E-state index in [-0.39, 0.29) is 11.4 Å². The summed E-state index contributed by atoms with van der Waals surface area (Å²) < 4.78 is 18.0. The highest BCUT2D eigenvalue weighted by molar-refractivity contribution is 5.61. The second-order valence-corrected chi connectivity index (χ2v) is 4.14. The fraction of sp³-hybridized carbons (Fsp3) is 0.500. The number of nitrogens with one attached hydrogen (secondary N) is 1.